The second kappa shape index (κ2) is 7.27. The number of nitrogen functional groups attached to an aromatic ring is 1. The summed E-state index contributed by atoms with van der Waals surface area (Å²) in [6.07, 6.45) is -7.32. The number of hydrogen-bond acceptors (Lipinski definition) is 9. The topological polar surface area (TPSA) is 118 Å². The van der Waals surface area contributed by atoms with Gasteiger partial charge in [0.15, 0.2) is 11.8 Å². The highest BCUT2D eigenvalue weighted by atomic mass is 35.5. The molecule has 3 N–H and O–H groups in total. The lowest BCUT2D eigenvalue weighted by molar-refractivity contribution is -0.204. The van der Waals surface area contributed by atoms with Crippen LogP contribution in [0.15, 0.2) is 11.0 Å². The zero-order valence-corrected chi connectivity index (χ0v) is 16.6. The van der Waals surface area contributed by atoms with Crippen molar-refractivity contribution in [1.29, 1.82) is 0 Å². The highest BCUT2D eigenvalue weighted by molar-refractivity contribution is 8.07. The number of fused-ring (bicyclic) bond motifs is 1. The highest BCUT2D eigenvalue weighted by Gasteiger charge is 2.66. The van der Waals surface area contributed by atoms with Gasteiger partial charge >= 0.3 is 12.4 Å². The van der Waals surface area contributed by atoms with E-state index in [1.807, 2.05) is 0 Å². The van der Waals surface area contributed by atoms with Crippen LogP contribution in [-0.2, 0) is 30.1 Å². The van der Waals surface area contributed by atoms with Crippen LogP contribution in [0.4, 0.5) is 14.6 Å². The lowest BCUT2D eigenvalue weighted by atomic mass is 9.96. The fourth-order valence-corrected chi connectivity index (χ4v) is 5.56. The number of halogens is 3. The summed E-state index contributed by atoms with van der Waals surface area (Å²) < 4.78 is 50.1. The summed E-state index contributed by atoms with van der Waals surface area (Å²) in [6, 6.07) is 0. The molecule has 14 heteroatoms. The van der Waals surface area contributed by atoms with Crippen LogP contribution in [0, 0.1) is 0 Å². The van der Waals surface area contributed by atoms with Crippen LogP contribution in [0.2, 0.25) is 5.02 Å². The van der Waals surface area contributed by atoms with Gasteiger partial charge in [-0.15, -0.1) is 0 Å². The van der Waals surface area contributed by atoms with Gasteiger partial charge < -0.3 is 24.6 Å². The summed E-state index contributed by atoms with van der Waals surface area (Å²) in [5, 5.41) is 10.5. The number of nitrogens with two attached hydrogens (primary N) is 1. The van der Waals surface area contributed by atoms with Gasteiger partial charge in [0.1, 0.15) is 18.0 Å². The molecule has 2 aliphatic heterocycles. The molecule has 1 aromatic heterocycles. The molecule has 27 heavy (non-hydrogen) atoms. The molecule has 1 unspecified atom stereocenters. The Morgan fingerprint density at radius 1 is 1.59 bits per heavy atom. The predicted octanol–water partition coefficient (Wildman–Crippen LogP) is 1.44. The second-order valence-electron chi connectivity index (χ2n) is 6.32. The standard InChI is InChI=1S/C13H17ClF2N3O6PS/c1-5(2)24-26(27)22-4-13(11(15)16)8(25-26)7(20)10(23-13)19-3-6(14)9(17)18-12(19)21/h3,5,7-8,10-11,20H,4H2,1-2H3,(H2,17,18,21)/t7-,8-,10+,13+,26?/m0/s1. The average Bonchev–Trinajstić information content (AvgIpc) is 2.84. The zero-order chi connectivity index (χ0) is 20.1. The van der Waals surface area contributed by atoms with Gasteiger partial charge in [0.2, 0.25) is 0 Å². The fourth-order valence-electron chi connectivity index (χ4n) is 2.83. The summed E-state index contributed by atoms with van der Waals surface area (Å²) in [7, 11) is 0. The van der Waals surface area contributed by atoms with Crippen molar-refractivity contribution in [1.82, 2.24) is 9.55 Å². The number of anilines is 1. The molecule has 0 saturated carbocycles. The predicted molar refractivity (Wildman–Crippen MR) is 94.1 cm³/mol. The van der Waals surface area contributed by atoms with E-state index in [0.29, 0.717) is 0 Å². The van der Waals surface area contributed by atoms with Gasteiger partial charge in [-0.3, -0.25) is 9.09 Å². The van der Waals surface area contributed by atoms with Crippen molar-refractivity contribution in [2.24, 2.45) is 0 Å². The lowest BCUT2D eigenvalue weighted by Crippen LogP contribution is -2.56. The third-order valence-corrected chi connectivity index (χ3v) is 6.77. The van der Waals surface area contributed by atoms with Crippen molar-refractivity contribution in [3.05, 3.63) is 21.7 Å². The van der Waals surface area contributed by atoms with Crippen molar-refractivity contribution < 1.29 is 32.2 Å². The molecule has 0 bridgehead atoms. The highest BCUT2D eigenvalue weighted by Crippen LogP contribution is 2.61. The smallest absolute Gasteiger partial charge is 0.351 e. The van der Waals surface area contributed by atoms with E-state index >= 15 is 0 Å². The number of aliphatic hydroxyl groups is 1. The van der Waals surface area contributed by atoms with Crippen LogP contribution in [0.1, 0.15) is 20.1 Å². The van der Waals surface area contributed by atoms with Gasteiger partial charge in [-0.05, 0) is 25.7 Å². The number of aliphatic hydroxyl groups excluding tert-OH is 1. The van der Waals surface area contributed by atoms with Gasteiger partial charge in [0.05, 0.1) is 17.7 Å². The van der Waals surface area contributed by atoms with E-state index in [0.717, 1.165) is 10.8 Å². The molecule has 9 nitrogen and oxygen atoms in total. The summed E-state index contributed by atoms with van der Waals surface area (Å²) in [5.74, 6) is -0.244. The summed E-state index contributed by atoms with van der Waals surface area (Å²) in [5.41, 5.74) is 2.16. The molecule has 3 rings (SSSR count). The molecule has 0 spiro atoms. The van der Waals surface area contributed by atoms with Crippen molar-refractivity contribution in [2.45, 2.75) is 50.4 Å². The Labute approximate surface area is 162 Å². The SMILES string of the molecule is CC(C)OP1(=S)OC[C@@]2(C(F)F)O[C@@H](n3cc(Cl)c(N)nc3=O)[C@@H](O)[C@@H]2O1. The number of rotatable bonds is 4. The van der Waals surface area contributed by atoms with Crippen molar-refractivity contribution >= 4 is 35.9 Å². The average molecular weight is 448 g/mol. The van der Waals surface area contributed by atoms with Gasteiger partial charge in [0.25, 0.3) is 6.43 Å². The largest absolute Gasteiger partial charge is 0.386 e. The molecule has 2 aliphatic rings. The summed E-state index contributed by atoms with van der Waals surface area (Å²) >= 11 is 11.0. The molecule has 5 atom stereocenters. The Kier molecular flexibility index (Phi) is 5.65. The molecule has 0 radical (unpaired) electrons. The third-order valence-electron chi connectivity index (χ3n) is 4.03. The first-order chi connectivity index (χ1) is 12.5. The normalized spacial score (nSPS) is 36.4. The van der Waals surface area contributed by atoms with E-state index in [2.05, 4.69) is 4.98 Å². The van der Waals surface area contributed by atoms with E-state index in [4.69, 9.17) is 47.4 Å². The lowest BCUT2D eigenvalue weighted by Gasteiger charge is -2.41. The Bertz CT molecular complexity index is 845. The summed E-state index contributed by atoms with van der Waals surface area (Å²) in [4.78, 5) is 15.6. The molecule has 2 fully saturated rings. The van der Waals surface area contributed by atoms with Gasteiger partial charge in [-0.2, -0.15) is 4.98 Å². The zero-order valence-electron chi connectivity index (χ0n) is 14.1. The monoisotopic (exact) mass is 447 g/mol. The molecule has 0 aliphatic carbocycles. The first-order valence-corrected chi connectivity index (χ1v) is 10.7. The molecule has 152 valence electrons. The minimum absolute atomic E-state index is 0.114. The van der Waals surface area contributed by atoms with E-state index < -0.39 is 55.6 Å². The minimum atomic E-state index is -3.40. The number of aromatic nitrogens is 2. The van der Waals surface area contributed by atoms with Crippen LogP contribution in [-0.4, -0.2) is 51.6 Å². The Morgan fingerprint density at radius 2 is 2.26 bits per heavy atom. The van der Waals surface area contributed by atoms with Crippen LogP contribution < -0.4 is 11.4 Å². The number of hydrogen-bond donors (Lipinski definition) is 2. The molecule has 1 aromatic rings. The van der Waals surface area contributed by atoms with Crippen LogP contribution in [0.3, 0.4) is 0 Å². The van der Waals surface area contributed by atoms with E-state index in [1.165, 1.54) is 0 Å². The number of nitrogens with zero attached hydrogens (tertiary/aromatic N) is 2. The molecule has 2 saturated heterocycles. The minimum Gasteiger partial charge on any atom is -0.386 e. The number of alkyl halides is 2. The van der Waals surface area contributed by atoms with Crippen LogP contribution in [0.5, 0.6) is 0 Å². The van der Waals surface area contributed by atoms with Crippen LogP contribution >= 0.6 is 18.3 Å². The van der Waals surface area contributed by atoms with Gasteiger partial charge in [-0.1, -0.05) is 11.6 Å². The van der Waals surface area contributed by atoms with Crippen molar-refractivity contribution in [2.75, 3.05) is 12.3 Å². The Morgan fingerprint density at radius 3 is 2.85 bits per heavy atom. The summed E-state index contributed by atoms with van der Waals surface area (Å²) in [6.45, 7) is -0.742. The number of ether oxygens (including phenoxy) is 1. The fraction of sp³-hybridized carbons (Fsp3) is 0.692. The molecular weight excluding hydrogens is 431 g/mol. The van der Waals surface area contributed by atoms with Crippen molar-refractivity contribution in [3.8, 4) is 0 Å². The van der Waals surface area contributed by atoms with Crippen LogP contribution in [0.25, 0.3) is 0 Å². The molecule has 0 amide bonds. The molecular formula is C13H17ClF2N3O6PS. The van der Waals surface area contributed by atoms with E-state index in [9.17, 15) is 18.7 Å². The first kappa shape index (κ1) is 21.0. The third kappa shape index (κ3) is 3.65. The quantitative estimate of drug-likeness (QED) is 0.661. The van der Waals surface area contributed by atoms with Gasteiger partial charge in [-0.25, -0.2) is 13.6 Å². The van der Waals surface area contributed by atoms with E-state index in [1.54, 1.807) is 13.8 Å². The van der Waals surface area contributed by atoms with Gasteiger partial charge in [0, 0.05) is 6.20 Å². The molecule has 0 aromatic carbocycles. The maximum atomic E-state index is 13.9. The Hall–Kier alpha value is -0.720. The van der Waals surface area contributed by atoms with Crippen molar-refractivity contribution in [3.63, 3.8) is 0 Å². The maximum absolute atomic E-state index is 13.9. The maximum Gasteiger partial charge on any atom is 0.351 e. The first-order valence-electron chi connectivity index (χ1n) is 7.78. The second-order valence-corrected chi connectivity index (χ2v) is 9.64. The van der Waals surface area contributed by atoms with E-state index in [-0.39, 0.29) is 10.8 Å². The Balaban J connectivity index is 2.00. The molecule has 3 heterocycles.